The Morgan fingerprint density at radius 3 is 1.80 bits per heavy atom. The van der Waals surface area contributed by atoms with Gasteiger partial charge in [-0.15, -0.1) is 0 Å². The van der Waals surface area contributed by atoms with Crippen LogP contribution in [0.25, 0.3) is 11.1 Å². The van der Waals surface area contributed by atoms with Crippen molar-refractivity contribution < 1.29 is 23.9 Å². The van der Waals surface area contributed by atoms with Gasteiger partial charge in [-0.1, -0.05) is 72.8 Å². The molecule has 44 heavy (non-hydrogen) atoms. The number of amides is 4. The number of hydrogen-bond acceptors (Lipinski definition) is 5. The van der Waals surface area contributed by atoms with E-state index in [2.05, 4.69) is 17.4 Å². The molecule has 1 N–H and O–H groups in total. The second-order valence-electron chi connectivity index (χ2n) is 12.7. The number of piperazine rings is 1. The van der Waals surface area contributed by atoms with Gasteiger partial charge >= 0.3 is 6.09 Å². The SMILES string of the molecule is CC(C)(C)OC(=O)N[C@@H](CC(=O)N1CCN(C(=O)C2c3ccccc3-c3ccccc32)CC1)C(=O)N1Cc2ccccc2C1. The summed E-state index contributed by atoms with van der Waals surface area (Å²) in [5.41, 5.74) is 5.54. The molecule has 4 amide bonds. The van der Waals surface area contributed by atoms with Gasteiger partial charge < -0.3 is 24.8 Å². The minimum Gasteiger partial charge on any atom is -0.444 e. The summed E-state index contributed by atoms with van der Waals surface area (Å²) < 4.78 is 5.42. The van der Waals surface area contributed by atoms with E-state index >= 15 is 0 Å². The van der Waals surface area contributed by atoms with Crippen LogP contribution < -0.4 is 5.32 Å². The van der Waals surface area contributed by atoms with E-state index in [0.717, 1.165) is 33.4 Å². The predicted octanol–water partition coefficient (Wildman–Crippen LogP) is 4.30. The minimum atomic E-state index is -1.07. The Kier molecular flexibility index (Phi) is 7.88. The monoisotopic (exact) mass is 594 g/mol. The lowest BCUT2D eigenvalue weighted by atomic mass is 9.95. The molecular weight excluding hydrogens is 556 g/mol. The number of carbonyl (C=O) groups excluding carboxylic acids is 4. The molecule has 0 spiro atoms. The third-order valence-corrected chi connectivity index (χ3v) is 8.55. The van der Waals surface area contributed by atoms with Crippen LogP contribution in [0.4, 0.5) is 4.79 Å². The van der Waals surface area contributed by atoms with Crippen LogP contribution in [0.15, 0.2) is 72.8 Å². The van der Waals surface area contributed by atoms with Crippen LogP contribution in [0.5, 0.6) is 0 Å². The Hall–Kier alpha value is -4.66. The first-order valence-corrected chi connectivity index (χ1v) is 15.2. The van der Waals surface area contributed by atoms with Crippen LogP contribution in [0.2, 0.25) is 0 Å². The highest BCUT2D eigenvalue weighted by molar-refractivity contribution is 5.96. The summed E-state index contributed by atoms with van der Waals surface area (Å²) in [5.74, 6) is -0.912. The Morgan fingerprint density at radius 1 is 0.750 bits per heavy atom. The number of nitrogens with one attached hydrogen (secondary N) is 1. The number of nitrogens with zero attached hydrogens (tertiary/aromatic N) is 3. The molecule has 2 heterocycles. The molecule has 1 saturated heterocycles. The standard InChI is InChI=1S/C35H38N4O5/c1-35(2,3)44-34(43)36-29(32(41)39-21-23-10-4-5-11-24(23)22-39)20-30(40)37-16-18-38(19-17-37)33(42)31-27-14-8-6-12-25(27)26-13-7-9-15-28(26)31/h4-15,29,31H,16-22H2,1-3H3,(H,36,43)/t29-/m0/s1. The summed E-state index contributed by atoms with van der Waals surface area (Å²) in [6.45, 7) is 7.57. The highest BCUT2D eigenvalue weighted by atomic mass is 16.6. The van der Waals surface area contributed by atoms with Gasteiger partial charge in [-0.05, 0) is 54.2 Å². The smallest absolute Gasteiger partial charge is 0.408 e. The van der Waals surface area contributed by atoms with E-state index in [0.29, 0.717) is 39.3 Å². The highest BCUT2D eigenvalue weighted by Gasteiger charge is 2.38. The molecule has 3 aliphatic rings. The fourth-order valence-corrected chi connectivity index (χ4v) is 6.44. The summed E-state index contributed by atoms with van der Waals surface area (Å²) in [6, 6.07) is 22.8. The normalized spacial score (nSPS) is 16.6. The molecule has 0 bridgehead atoms. The van der Waals surface area contributed by atoms with Crippen LogP contribution in [0, 0.1) is 0 Å². The van der Waals surface area contributed by atoms with Crippen LogP contribution in [-0.2, 0) is 32.2 Å². The molecule has 2 aliphatic heterocycles. The molecule has 9 nitrogen and oxygen atoms in total. The van der Waals surface area contributed by atoms with Gasteiger partial charge in [-0.3, -0.25) is 14.4 Å². The van der Waals surface area contributed by atoms with Crippen molar-refractivity contribution >= 4 is 23.8 Å². The van der Waals surface area contributed by atoms with Crippen LogP contribution in [0.3, 0.4) is 0 Å². The second kappa shape index (κ2) is 11.8. The first-order valence-electron chi connectivity index (χ1n) is 15.2. The Balaban J connectivity index is 1.11. The molecule has 1 aliphatic carbocycles. The van der Waals surface area contributed by atoms with E-state index in [4.69, 9.17) is 4.74 Å². The van der Waals surface area contributed by atoms with E-state index < -0.39 is 17.7 Å². The van der Waals surface area contributed by atoms with Gasteiger partial charge in [0.05, 0.1) is 12.3 Å². The third-order valence-electron chi connectivity index (χ3n) is 8.55. The van der Waals surface area contributed by atoms with Gasteiger partial charge in [0.2, 0.25) is 17.7 Å². The maximum absolute atomic E-state index is 13.9. The van der Waals surface area contributed by atoms with Crippen molar-refractivity contribution in [3.05, 3.63) is 95.1 Å². The topological polar surface area (TPSA) is 99.3 Å². The van der Waals surface area contributed by atoms with E-state index in [9.17, 15) is 19.2 Å². The van der Waals surface area contributed by atoms with Crippen LogP contribution >= 0.6 is 0 Å². The molecule has 9 heteroatoms. The van der Waals surface area contributed by atoms with Crippen molar-refractivity contribution in [1.29, 1.82) is 0 Å². The van der Waals surface area contributed by atoms with Gasteiger partial charge in [0, 0.05) is 39.3 Å². The zero-order valence-corrected chi connectivity index (χ0v) is 25.4. The molecule has 0 unspecified atom stereocenters. The van der Waals surface area contributed by atoms with Gasteiger partial charge in [-0.25, -0.2) is 4.79 Å². The Labute approximate surface area is 257 Å². The van der Waals surface area contributed by atoms with E-state index in [1.807, 2.05) is 65.6 Å². The number of ether oxygens (including phenoxy) is 1. The number of hydrogen-bond donors (Lipinski definition) is 1. The molecule has 1 atom stereocenters. The Morgan fingerprint density at radius 2 is 1.25 bits per heavy atom. The molecular formula is C35H38N4O5. The third kappa shape index (κ3) is 5.91. The molecule has 1 fully saturated rings. The molecule has 0 saturated carbocycles. The van der Waals surface area contributed by atoms with Gasteiger partial charge in [0.25, 0.3) is 0 Å². The zero-order valence-electron chi connectivity index (χ0n) is 25.4. The molecule has 3 aromatic carbocycles. The quantitative estimate of drug-likeness (QED) is 0.475. The number of alkyl carbamates (subject to hydrolysis) is 1. The van der Waals surface area contributed by atoms with Crippen molar-refractivity contribution in [2.24, 2.45) is 0 Å². The van der Waals surface area contributed by atoms with Gasteiger partial charge in [0.1, 0.15) is 11.6 Å². The fraction of sp³-hybridized carbons (Fsp3) is 0.371. The summed E-state index contributed by atoms with van der Waals surface area (Å²) in [5, 5.41) is 2.67. The van der Waals surface area contributed by atoms with E-state index in [1.165, 1.54) is 0 Å². The lowest BCUT2D eigenvalue weighted by Crippen LogP contribution is -2.54. The Bertz CT molecular complexity index is 1530. The largest absolute Gasteiger partial charge is 0.444 e. The highest BCUT2D eigenvalue weighted by Crippen LogP contribution is 2.45. The summed E-state index contributed by atoms with van der Waals surface area (Å²) in [7, 11) is 0. The summed E-state index contributed by atoms with van der Waals surface area (Å²) in [4.78, 5) is 58.9. The first-order chi connectivity index (χ1) is 21.1. The van der Waals surface area contributed by atoms with Crippen molar-refractivity contribution in [2.45, 2.75) is 57.8 Å². The van der Waals surface area contributed by atoms with Crippen molar-refractivity contribution in [2.75, 3.05) is 26.2 Å². The van der Waals surface area contributed by atoms with Crippen LogP contribution in [0.1, 0.15) is 55.4 Å². The zero-order chi connectivity index (χ0) is 31.0. The molecule has 228 valence electrons. The van der Waals surface area contributed by atoms with E-state index in [1.54, 1.807) is 30.6 Å². The fourth-order valence-electron chi connectivity index (χ4n) is 6.44. The van der Waals surface area contributed by atoms with Gasteiger partial charge in [0.15, 0.2) is 0 Å². The molecule has 3 aromatic rings. The van der Waals surface area contributed by atoms with Crippen LogP contribution in [-0.4, -0.2) is 76.3 Å². The van der Waals surface area contributed by atoms with Crippen molar-refractivity contribution in [3.8, 4) is 11.1 Å². The molecule has 0 aromatic heterocycles. The lowest BCUT2D eigenvalue weighted by molar-refractivity contribution is -0.142. The maximum Gasteiger partial charge on any atom is 0.408 e. The number of benzene rings is 3. The summed E-state index contributed by atoms with van der Waals surface area (Å²) in [6.07, 6.45) is -0.935. The second-order valence-corrected chi connectivity index (χ2v) is 12.7. The minimum absolute atomic E-state index is 0.0303. The first kappa shape index (κ1) is 29.4. The number of fused-ring (bicyclic) bond motifs is 4. The van der Waals surface area contributed by atoms with E-state index in [-0.39, 0.29) is 30.1 Å². The average molecular weight is 595 g/mol. The number of rotatable bonds is 5. The van der Waals surface area contributed by atoms with Gasteiger partial charge in [-0.2, -0.15) is 0 Å². The van der Waals surface area contributed by atoms with Crippen molar-refractivity contribution in [3.63, 3.8) is 0 Å². The average Bonchev–Trinajstić information content (AvgIpc) is 3.59. The summed E-state index contributed by atoms with van der Waals surface area (Å²) >= 11 is 0. The van der Waals surface area contributed by atoms with Crippen molar-refractivity contribution in [1.82, 2.24) is 20.0 Å². The molecule has 0 radical (unpaired) electrons. The maximum atomic E-state index is 13.9. The lowest BCUT2D eigenvalue weighted by Gasteiger charge is -2.37. The molecule has 6 rings (SSSR count). The number of carbonyl (C=O) groups is 4. The predicted molar refractivity (Wildman–Crippen MR) is 165 cm³/mol.